The van der Waals surface area contributed by atoms with E-state index < -0.39 is 11.7 Å². The van der Waals surface area contributed by atoms with Gasteiger partial charge >= 0.3 is 0 Å². The molecule has 21 heavy (non-hydrogen) atoms. The van der Waals surface area contributed by atoms with Gasteiger partial charge in [0.2, 0.25) is 0 Å². The van der Waals surface area contributed by atoms with Crippen molar-refractivity contribution in [2.75, 3.05) is 7.05 Å². The number of rotatable bonds is 3. The van der Waals surface area contributed by atoms with Crippen molar-refractivity contribution in [2.45, 2.75) is 6.54 Å². The van der Waals surface area contributed by atoms with Gasteiger partial charge in [-0.15, -0.1) is 0 Å². The average Bonchev–Trinajstić information content (AvgIpc) is 2.49. The summed E-state index contributed by atoms with van der Waals surface area (Å²) >= 11 is 5.68. The van der Waals surface area contributed by atoms with Crippen LogP contribution in [0.1, 0.15) is 21.5 Å². The fraction of sp³-hybridized carbons (Fsp3) is 0.125. The van der Waals surface area contributed by atoms with Crippen LogP contribution >= 0.6 is 11.6 Å². The van der Waals surface area contributed by atoms with Gasteiger partial charge in [-0.3, -0.25) is 4.79 Å². The Kier molecular flexibility index (Phi) is 4.56. The maximum Gasteiger partial charge on any atom is 0.256 e. The van der Waals surface area contributed by atoms with E-state index in [2.05, 4.69) is 0 Å². The van der Waals surface area contributed by atoms with Gasteiger partial charge in [-0.2, -0.15) is 5.26 Å². The molecule has 0 spiro atoms. The van der Waals surface area contributed by atoms with Gasteiger partial charge in [-0.05, 0) is 29.8 Å². The molecule has 2 rings (SSSR count). The lowest BCUT2D eigenvalue weighted by Crippen LogP contribution is -2.27. The number of nitrogens with zero attached hydrogens (tertiary/aromatic N) is 2. The van der Waals surface area contributed by atoms with Gasteiger partial charge in [0.1, 0.15) is 0 Å². The zero-order valence-corrected chi connectivity index (χ0v) is 12.1. The molecule has 0 heterocycles. The first-order valence-electron chi connectivity index (χ1n) is 6.21. The lowest BCUT2D eigenvalue weighted by Gasteiger charge is -2.18. The monoisotopic (exact) mass is 302 g/mol. The molecular weight excluding hydrogens is 291 g/mol. The van der Waals surface area contributed by atoms with Crippen molar-refractivity contribution in [3.63, 3.8) is 0 Å². The number of nitriles is 1. The predicted octanol–water partition coefficient (Wildman–Crippen LogP) is 3.62. The third-order valence-corrected chi connectivity index (χ3v) is 3.30. The van der Waals surface area contributed by atoms with Crippen LogP contribution in [-0.2, 0) is 6.54 Å². The van der Waals surface area contributed by atoms with Crippen molar-refractivity contribution in [3.05, 3.63) is 70.0 Å². The number of amides is 1. The topological polar surface area (TPSA) is 44.1 Å². The molecule has 3 nitrogen and oxygen atoms in total. The van der Waals surface area contributed by atoms with Crippen LogP contribution in [0.25, 0.3) is 0 Å². The molecule has 0 aliphatic carbocycles. The molecule has 0 radical (unpaired) electrons. The van der Waals surface area contributed by atoms with Gasteiger partial charge in [-0.25, -0.2) is 4.39 Å². The highest BCUT2D eigenvalue weighted by atomic mass is 35.5. The van der Waals surface area contributed by atoms with Crippen LogP contribution in [0, 0.1) is 17.1 Å². The van der Waals surface area contributed by atoms with Crippen LogP contribution in [-0.4, -0.2) is 17.9 Å². The fourth-order valence-corrected chi connectivity index (χ4v) is 2.13. The van der Waals surface area contributed by atoms with E-state index in [1.54, 1.807) is 31.3 Å². The summed E-state index contributed by atoms with van der Waals surface area (Å²) < 4.78 is 13.8. The fourth-order valence-electron chi connectivity index (χ4n) is 1.96. The molecule has 0 unspecified atom stereocenters. The highest BCUT2D eigenvalue weighted by Crippen LogP contribution is 2.19. The van der Waals surface area contributed by atoms with E-state index in [4.69, 9.17) is 16.9 Å². The zero-order valence-electron chi connectivity index (χ0n) is 11.3. The minimum Gasteiger partial charge on any atom is -0.337 e. The number of halogens is 2. The summed E-state index contributed by atoms with van der Waals surface area (Å²) in [5, 5.41) is 8.77. The first-order chi connectivity index (χ1) is 10.0. The maximum atomic E-state index is 13.8. The van der Waals surface area contributed by atoms with Crippen LogP contribution < -0.4 is 0 Å². The second-order valence-electron chi connectivity index (χ2n) is 4.57. The highest BCUT2D eigenvalue weighted by Gasteiger charge is 2.18. The first kappa shape index (κ1) is 15.0. The molecule has 2 aromatic carbocycles. The second kappa shape index (κ2) is 6.38. The van der Waals surface area contributed by atoms with E-state index in [0.717, 1.165) is 5.56 Å². The van der Waals surface area contributed by atoms with Crippen molar-refractivity contribution in [3.8, 4) is 6.07 Å². The van der Waals surface area contributed by atoms with Crippen molar-refractivity contribution in [1.29, 1.82) is 5.26 Å². The normalized spacial score (nSPS) is 10.0. The Labute approximate surface area is 127 Å². The lowest BCUT2D eigenvalue weighted by atomic mass is 10.1. The van der Waals surface area contributed by atoms with Crippen LogP contribution in [0.5, 0.6) is 0 Å². The third-order valence-electron chi connectivity index (χ3n) is 3.00. The zero-order chi connectivity index (χ0) is 15.4. The first-order valence-corrected chi connectivity index (χ1v) is 6.59. The Morgan fingerprint density at radius 1 is 1.33 bits per heavy atom. The minimum absolute atomic E-state index is 0.0681. The lowest BCUT2D eigenvalue weighted by molar-refractivity contribution is 0.0780. The standard InChI is InChI=1S/C16H12ClFN2O/c1-20(10-12-5-2-4-11(8-12)9-19)16(21)13-6-3-7-14(17)15(13)18/h2-8H,10H2,1H3. The van der Waals surface area contributed by atoms with Crippen LogP contribution in [0.4, 0.5) is 4.39 Å². The molecule has 0 aliphatic heterocycles. The van der Waals surface area contributed by atoms with E-state index in [9.17, 15) is 9.18 Å². The summed E-state index contributed by atoms with van der Waals surface area (Å²) in [7, 11) is 1.57. The van der Waals surface area contributed by atoms with Crippen molar-refractivity contribution < 1.29 is 9.18 Å². The second-order valence-corrected chi connectivity index (χ2v) is 4.98. The summed E-state index contributed by atoms with van der Waals surface area (Å²) in [5.41, 5.74) is 1.25. The van der Waals surface area contributed by atoms with Gasteiger partial charge in [0.05, 0.1) is 22.2 Å². The Bertz CT molecular complexity index is 724. The van der Waals surface area contributed by atoms with Crippen molar-refractivity contribution in [1.82, 2.24) is 4.90 Å². The van der Waals surface area contributed by atoms with Crippen LogP contribution in [0.2, 0.25) is 5.02 Å². The summed E-state index contributed by atoms with van der Waals surface area (Å²) in [5.74, 6) is -1.18. The van der Waals surface area contributed by atoms with E-state index in [-0.39, 0.29) is 17.1 Å². The smallest absolute Gasteiger partial charge is 0.256 e. The molecule has 5 heteroatoms. The molecular formula is C16H12ClFN2O. The molecule has 2 aromatic rings. The van der Waals surface area contributed by atoms with Crippen molar-refractivity contribution >= 4 is 17.5 Å². The van der Waals surface area contributed by atoms with E-state index in [1.807, 2.05) is 6.07 Å². The minimum atomic E-state index is -0.721. The molecule has 0 N–H and O–H groups in total. The Balaban J connectivity index is 2.20. The quantitative estimate of drug-likeness (QED) is 0.869. The highest BCUT2D eigenvalue weighted by molar-refractivity contribution is 6.31. The maximum absolute atomic E-state index is 13.8. The average molecular weight is 303 g/mol. The molecule has 0 aromatic heterocycles. The Morgan fingerprint density at radius 3 is 2.76 bits per heavy atom. The summed E-state index contributed by atoms with van der Waals surface area (Å²) in [6, 6.07) is 13.3. The molecule has 0 fully saturated rings. The van der Waals surface area contributed by atoms with Gasteiger partial charge < -0.3 is 4.90 Å². The number of hydrogen-bond donors (Lipinski definition) is 0. The summed E-state index contributed by atoms with van der Waals surface area (Å²) in [4.78, 5) is 13.6. The molecule has 0 saturated heterocycles. The number of carbonyl (C=O) groups excluding carboxylic acids is 1. The number of benzene rings is 2. The summed E-state index contributed by atoms with van der Waals surface area (Å²) in [6.45, 7) is 0.278. The molecule has 0 bridgehead atoms. The molecule has 0 saturated carbocycles. The Morgan fingerprint density at radius 2 is 2.05 bits per heavy atom. The Hall–Kier alpha value is -2.38. The molecule has 1 amide bonds. The molecule has 106 valence electrons. The number of hydrogen-bond acceptors (Lipinski definition) is 2. The van der Waals surface area contributed by atoms with Gasteiger partial charge in [0.25, 0.3) is 5.91 Å². The van der Waals surface area contributed by atoms with Crippen LogP contribution in [0.3, 0.4) is 0 Å². The summed E-state index contributed by atoms with van der Waals surface area (Å²) in [6.07, 6.45) is 0. The van der Waals surface area contributed by atoms with Gasteiger partial charge in [-0.1, -0.05) is 29.8 Å². The van der Waals surface area contributed by atoms with Crippen molar-refractivity contribution in [2.24, 2.45) is 0 Å². The van der Waals surface area contributed by atoms with Crippen LogP contribution in [0.15, 0.2) is 42.5 Å². The number of carbonyl (C=O) groups is 1. The SMILES string of the molecule is CN(Cc1cccc(C#N)c1)C(=O)c1cccc(Cl)c1F. The van der Waals surface area contributed by atoms with Gasteiger partial charge in [0, 0.05) is 13.6 Å². The molecule has 0 atom stereocenters. The predicted molar refractivity (Wildman–Crippen MR) is 78.4 cm³/mol. The largest absolute Gasteiger partial charge is 0.337 e. The van der Waals surface area contributed by atoms with E-state index in [1.165, 1.54) is 23.1 Å². The van der Waals surface area contributed by atoms with E-state index in [0.29, 0.717) is 5.56 Å². The van der Waals surface area contributed by atoms with Gasteiger partial charge in [0.15, 0.2) is 5.82 Å². The van der Waals surface area contributed by atoms with E-state index >= 15 is 0 Å². The third kappa shape index (κ3) is 3.39. The molecule has 0 aliphatic rings.